The lowest BCUT2D eigenvalue weighted by Gasteiger charge is -2.08. The van der Waals surface area contributed by atoms with Gasteiger partial charge in [-0.25, -0.2) is 4.79 Å². The van der Waals surface area contributed by atoms with Crippen molar-refractivity contribution in [3.8, 4) is 0 Å². The van der Waals surface area contributed by atoms with Gasteiger partial charge >= 0.3 is 5.97 Å². The molecule has 6 heteroatoms. The maximum absolute atomic E-state index is 12.2. The molecule has 0 spiro atoms. The van der Waals surface area contributed by atoms with Crippen LogP contribution in [0.1, 0.15) is 26.3 Å². The van der Waals surface area contributed by atoms with Gasteiger partial charge in [-0.1, -0.05) is 23.7 Å². The summed E-state index contributed by atoms with van der Waals surface area (Å²) in [5.74, 6) is -0.544. The molecule has 0 atom stereocenters. The van der Waals surface area contributed by atoms with Gasteiger partial charge in [0.05, 0.1) is 10.6 Å². The molecule has 4 nitrogen and oxygen atoms in total. The predicted molar refractivity (Wildman–Crippen MR) is 90.0 cm³/mol. The smallest absolute Gasteiger partial charge is 0.337 e. The molecule has 2 rings (SSSR count). The minimum absolute atomic E-state index is 0.0465. The van der Waals surface area contributed by atoms with Crippen molar-refractivity contribution in [1.82, 2.24) is 0 Å². The van der Waals surface area contributed by atoms with Crippen molar-refractivity contribution in [3.63, 3.8) is 0 Å². The van der Waals surface area contributed by atoms with E-state index in [-0.39, 0.29) is 16.5 Å². The van der Waals surface area contributed by atoms with E-state index in [0.717, 1.165) is 11.3 Å². The van der Waals surface area contributed by atoms with Crippen molar-refractivity contribution in [2.45, 2.75) is 5.75 Å². The molecular weight excluding hydrogens is 322 g/mol. The summed E-state index contributed by atoms with van der Waals surface area (Å²) in [4.78, 5) is 23.2. The van der Waals surface area contributed by atoms with Crippen LogP contribution in [0.2, 0.25) is 5.02 Å². The zero-order valence-electron chi connectivity index (χ0n) is 11.8. The molecule has 0 saturated carbocycles. The van der Waals surface area contributed by atoms with E-state index < -0.39 is 5.97 Å². The molecular formula is C16H14ClNO3S. The first kappa shape index (κ1) is 16.4. The van der Waals surface area contributed by atoms with Crippen molar-refractivity contribution in [1.29, 1.82) is 0 Å². The summed E-state index contributed by atoms with van der Waals surface area (Å²) >= 11 is 7.50. The number of rotatable bonds is 5. The van der Waals surface area contributed by atoms with Crippen LogP contribution in [0.3, 0.4) is 0 Å². The predicted octanol–water partition coefficient (Wildman–Crippen LogP) is 4.15. The van der Waals surface area contributed by atoms with Crippen molar-refractivity contribution in [2.24, 2.45) is 0 Å². The van der Waals surface area contributed by atoms with Gasteiger partial charge in [-0.05, 0) is 42.2 Å². The second-order valence-corrected chi connectivity index (χ2v) is 5.86. The van der Waals surface area contributed by atoms with Gasteiger partial charge in [0.15, 0.2) is 0 Å². The lowest BCUT2D eigenvalue weighted by atomic mass is 10.1. The topological polar surface area (TPSA) is 66.4 Å². The average molecular weight is 336 g/mol. The number of halogens is 1. The Bertz CT molecular complexity index is 701. The minimum Gasteiger partial charge on any atom is -0.478 e. The number of hydrogen-bond donors (Lipinski definition) is 2. The standard InChI is InChI=1S/C16H14ClNO3S/c1-22-9-10-2-4-11(5-3-10)15(19)18-12-6-7-14(17)13(8-12)16(20)21/h2-8H,9H2,1H3,(H,18,19)(H,20,21). The molecule has 2 N–H and O–H groups in total. The second kappa shape index (κ2) is 7.33. The minimum atomic E-state index is -1.14. The molecule has 2 aromatic rings. The third kappa shape index (κ3) is 4.02. The van der Waals surface area contributed by atoms with Gasteiger partial charge in [-0.3, -0.25) is 4.79 Å². The summed E-state index contributed by atoms with van der Waals surface area (Å²) in [5.41, 5.74) is 2.00. The number of carboxylic acids is 1. The van der Waals surface area contributed by atoms with Gasteiger partial charge in [0.25, 0.3) is 5.91 Å². The number of nitrogens with one attached hydrogen (secondary N) is 1. The Morgan fingerprint density at radius 2 is 1.86 bits per heavy atom. The van der Waals surface area contributed by atoms with E-state index in [1.807, 2.05) is 18.4 Å². The third-order valence-corrected chi connectivity index (χ3v) is 3.93. The van der Waals surface area contributed by atoms with E-state index in [4.69, 9.17) is 16.7 Å². The van der Waals surface area contributed by atoms with Gasteiger partial charge in [0.2, 0.25) is 0 Å². The highest BCUT2D eigenvalue weighted by Crippen LogP contribution is 2.21. The van der Waals surface area contributed by atoms with Crippen LogP contribution in [-0.4, -0.2) is 23.2 Å². The van der Waals surface area contributed by atoms with Crippen LogP contribution in [0.15, 0.2) is 42.5 Å². The largest absolute Gasteiger partial charge is 0.478 e. The fraction of sp³-hybridized carbons (Fsp3) is 0.125. The lowest BCUT2D eigenvalue weighted by molar-refractivity contribution is 0.0696. The quantitative estimate of drug-likeness (QED) is 0.861. The fourth-order valence-electron chi connectivity index (χ4n) is 1.89. The molecule has 1 amide bonds. The first-order valence-corrected chi connectivity index (χ1v) is 8.20. The molecule has 114 valence electrons. The molecule has 0 aliphatic heterocycles. The number of hydrogen-bond acceptors (Lipinski definition) is 3. The highest BCUT2D eigenvalue weighted by atomic mass is 35.5. The number of aromatic carboxylic acids is 1. The molecule has 0 aliphatic rings. The summed E-state index contributed by atoms with van der Waals surface area (Å²) in [6, 6.07) is 11.6. The molecule has 0 aliphatic carbocycles. The number of carbonyl (C=O) groups excluding carboxylic acids is 1. The van der Waals surface area contributed by atoms with Crippen LogP contribution in [0.4, 0.5) is 5.69 Å². The zero-order valence-corrected chi connectivity index (χ0v) is 13.4. The maximum Gasteiger partial charge on any atom is 0.337 e. The van der Waals surface area contributed by atoms with E-state index in [1.165, 1.54) is 12.1 Å². The molecule has 0 radical (unpaired) electrons. The second-order valence-electron chi connectivity index (χ2n) is 4.58. The summed E-state index contributed by atoms with van der Waals surface area (Å²) in [6.45, 7) is 0. The maximum atomic E-state index is 12.2. The van der Waals surface area contributed by atoms with Crippen LogP contribution in [-0.2, 0) is 5.75 Å². The Hall–Kier alpha value is -1.98. The highest BCUT2D eigenvalue weighted by molar-refractivity contribution is 7.97. The normalized spacial score (nSPS) is 10.3. The van der Waals surface area contributed by atoms with E-state index in [0.29, 0.717) is 11.3 Å². The summed E-state index contributed by atoms with van der Waals surface area (Å²) in [7, 11) is 0. The van der Waals surface area contributed by atoms with E-state index in [1.54, 1.807) is 30.0 Å². The Morgan fingerprint density at radius 3 is 2.45 bits per heavy atom. The van der Waals surface area contributed by atoms with Crippen LogP contribution in [0.25, 0.3) is 0 Å². The number of carboxylic acid groups (broad SMARTS) is 1. The molecule has 22 heavy (non-hydrogen) atoms. The summed E-state index contributed by atoms with van der Waals surface area (Å²) in [5, 5.41) is 11.8. The van der Waals surface area contributed by atoms with Crippen LogP contribution in [0, 0.1) is 0 Å². The lowest BCUT2D eigenvalue weighted by Crippen LogP contribution is -2.12. The summed E-state index contributed by atoms with van der Waals surface area (Å²) < 4.78 is 0. The van der Waals surface area contributed by atoms with Gasteiger partial charge in [0.1, 0.15) is 0 Å². The molecule has 0 unspecified atom stereocenters. The SMILES string of the molecule is CSCc1ccc(C(=O)Nc2ccc(Cl)c(C(=O)O)c2)cc1. The number of carbonyl (C=O) groups is 2. The Morgan fingerprint density at radius 1 is 1.18 bits per heavy atom. The van der Waals surface area contributed by atoms with Crippen molar-refractivity contribution in [2.75, 3.05) is 11.6 Å². The number of thioether (sulfide) groups is 1. The summed E-state index contributed by atoms with van der Waals surface area (Å²) in [6.07, 6.45) is 2.02. The molecule has 0 saturated heterocycles. The first-order valence-electron chi connectivity index (χ1n) is 6.43. The van der Waals surface area contributed by atoms with Gasteiger partial charge in [-0.2, -0.15) is 11.8 Å². The molecule has 0 heterocycles. The first-order chi connectivity index (χ1) is 10.5. The molecule has 0 fully saturated rings. The Kier molecular flexibility index (Phi) is 5.46. The molecule has 2 aromatic carbocycles. The molecule has 0 aromatic heterocycles. The van der Waals surface area contributed by atoms with Crippen LogP contribution < -0.4 is 5.32 Å². The Balaban J connectivity index is 2.14. The van der Waals surface area contributed by atoms with E-state index in [2.05, 4.69) is 5.32 Å². The van der Waals surface area contributed by atoms with Gasteiger partial charge < -0.3 is 10.4 Å². The van der Waals surface area contributed by atoms with E-state index >= 15 is 0 Å². The van der Waals surface area contributed by atoms with Crippen molar-refractivity contribution >= 4 is 40.9 Å². The van der Waals surface area contributed by atoms with Gasteiger partial charge in [0, 0.05) is 17.0 Å². The van der Waals surface area contributed by atoms with Crippen molar-refractivity contribution in [3.05, 3.63) is 64.2 Å². The fourth-order valence-corrected chi connectivity index (χ4v) is 2.61. The van der Waals surface area contributed by atoms with Crippen LogP contribution in [0.5, 0.6) is 0 Å². The van der Waals surface area contributed by atoms with Crippen LogP contribution >= 0.6 is 23.4 Å². The van der Waals surface area contributed by atoms with E-state index in [9.17, 15) is 9.59 Å². The van der Waals surface area contributed by atoms with Crippen molar-refractivity contribution < 1.29 is 14.7 Å². The molecule has 0 bridgehead atoms. The number of benzene rings is 2. The number of amides is 1. The van der Waals surface area contributed by atoms with Gasteiger partial charge in [-0.15, -0.1) is 0 Å². The zero-order chi connectivity index (χ0) is 16.1. The monoisotopic (exact) mass is 335 g/mol. The highest BCUT2D eigenvalue weighted by Gasteiger charge is 2.11. The Labute approximate surface area is 137 Å². The number of anilines is 1. The average Bonchev–Trinajstić information content (AvgIpc) is 2.50. The third-order valence-electron chi connectivity index (χ3n) is 2.98.